The van der Waals surface area contributed by atoms with Crippen LogP contribution in [0.3, 0.4) is 0 Å². The molecule has 1 atom stereocenters. The SMILES string of the molecule is COc1cccc(C(CO)NCc2ncc(-c3ccccc3)s2)c1. The number of rotatable bonds is 7. The summed E-state index contributed by atoms with van der Waals surface area (Å²) in [5.41, 5.74) is 2.17. The van der Waals surface area contributed by atoms with Gasteiger partial charge in [-0.15, -0.1) is 11.3 Å². The molecule has 0 saturated carbocycles. The van der Waals surface area contributed by atoms with Crippen molar-refractivity contribution in [2.24, 2.45) is 0 Å². The zero-order valence-electron chi connectivity index (χ0n) is 13.5. The van der Waals surface area contributed by atoms with Crippen molar-refractivity contribution in [1.82, 2.24) is 10.3 Å². The van der Waals surface area contributed by atoms with Crippen LogP contribution in [0.25, 0.3) is 10.4 Å². The van der Waals surface area contributed by atoms with Crippen molar-refractivity contribution in [2.75, 3.05) is 13.7 Å². The first kappa shape index (κ1) is 16.6. The molecular formula is C19H20N2O2S. The predicted octanol–water partition coefficient (Wildman–Crippen LogP) is 3.64. The lowest BCUT2D eigenvalue weighted by Crippen LogP contribution is -2.23. The summed E-state index contributed by atoms with van der Waals surface area (Å²) in [6.45, 7) is 0.629. The van der Waals surface area contributed by atoms with E-state index in [2.05, 4.69) is 22.4 Å². The molecule has 0 aliphatic rings. The molecule has 0 radical (unpaired) electrons. The summed E-state index contributed by atoms with van der Waals surface area (Å²) in [6, 6.07) is 17.8. The average Bonchev–Trinajstić information content (AvgIpc) is 3.12. The highest BCUT2D eigenvalue weighted by Crippen LogP contribution is 2.26. The van der Waals surface area contributed by atoms with Gasteiger partial charge in [0.2, 0.25) is 0 Å². The van der Waals surface area contributed by atoms with Gasteiger partial charge in [0.05, 0.1) is 24.6 Å². The summed E-state index contributed by atoms with van der Waals surface area (Å²) < 4.78 is 5.24. The van der Waals surface area contributed by atoms with E-state index in [1.807, 2.05) is 48.7 Å². The van der Waals surface area contributed by atoms with E-state index in [9.17, 15) is 5.11 Å². The molecule has 0 fully saturated rings. The van der Waals surface area contributed by atoms with Crippen molar-refractivity contribution in [3.63, 3.8) is 0 Å². The summed E-state index contributed by atoms with van der Waals surface area (Å²) in [4.78, 5) is 5.62. The normalized spacial score (nSPS) is 12.1. The Bertz CT molecular complexity index is 774. The van der Waals surface area contributed by atoms with E-state index in [0.717, 1.165) is 21.2 Å². The van der Waals surface area contributed by atoms with Crippen LogP contribution in [0, 0.1) is 0 Å². The lowest BCUT2D eigenvalue weighted by atomic mass is 10.1. The van der Waals surface area contributed by atoms with Gasteiger partial charge < -0.3 is 15.2 Å². The molecular weight excluding hydrogens is 320 g/mol. The minimum atomic E-state index is -0.149. The van der Waals surface area contributed by atoms with Crippen LogP contribution in [0.2, 0.25) is 0 Å². The number of nitrogens with zero attached hydrogens (tertiary/aromatic N) is 1. The molecule has 1 heterocycles. The van der Waals surface area contributed by atoms with Gasteiger partial charge >= 0.3 is 0 Å². The maximum absolute atomic E-state index is 9.68. The van der Waals surface area contributed by atoms with Gasteiger partial charge in [0, 0.05) is 12.7 Å². The second kappa shape index (κ2) is 8.06. The van der Waals surface area contributed by atoms with E-state index in [1.165, 1.54) is 5.56 Å². The number of aliphatic hydroxyl groups excluding tert-OH is 1. The molecule has 0 bridgehead atoms. The molecule has 1 unspecified atom stereocenters. The quantitative estimate of drug-likeness (QED) is 0.689. The largest absolute Gasteiger partial charge is 0.497 e. The molecule has 2 aromatic carbocycles. The smallest absolute Gasteiger partial charge is 0.119 e. The summed E-state index contributed by atoms with van der Waals surface area (Å²) in [5.74, 6) is 0.786. The van der Waals surface area contributed by atoms with E-state index >= 15 is 0 Å². The Kier molecular flexibility index (Phi) is 5.59. The van der Waals surface area contributed by atoms with Crippen LogP contribution in [0.15, 0.2) is 60.8 Å². The minimum Gasteiger partial charge on any atom is -0.497 e. The molecule has 3 rings (SSSR count). The molecule has 2 N–H and O–H groups in total. The van der Waals surface area contributed by atoms with Gasteiger partial charge in [-0.1, -0.05) is 42.5 Å². The molecule has 3 aromatic rings. The van der Waals surface area contributed by atoms with E-state index < -0.39 is 0 Å². The van der Waals surface area contributed by atoms with Crippen molar-refractivity contribution in [3.05, 3.63) is 71.4 Å². The number of methoxy groups -OCH3 is 1. The van der Waals surface area contributed by atoms with Crippen LogP contribution in [0.1, 0.15) is 16.6 Å². The lowest BCUT2D eigenvalue weighted by molar-refractivity contribution is 0.243. The molecule has 4 nitrogen and oxygen atoms in total. The highest BCUT2D eigenvalue weighted by molar-refractivity contribution is 7.15. The number of hydrogen-bond acceptors (Lipinski definition) is 5. The van der Waals surface area contributed by atoms with Gasteiger partial charge in [-0.25, -0.2) is 4.98 Å². The van der Waals surface area contributed by atoms with E-state index in [1.54, 1.807) is 18.4 Å². The van der Waals surface area contributed by atoms with Crippen LogP contribution >= 0.6 is 11.3 Å². The van der Waals surface area contributed by atoms with E-state index in [0.29, 0.717) is 6.54 Å². The van der Waals surface area contributed by atoms with Crippen LogP contribution < -0.4 is 10.1 Å². The summed E-state index contributed by atoms with van der Waals surface area (Å²) >= 11 is 1.66. The number of hydrogen-bond donors (Lipinski definition) is 2. The highest BCUT2D eigenvalue weighted by Gasteiger charge is 2.12. The lowest BCUT2D eigenvalue weighted by Gasteiger charge is -2.16. The molecule has 0 amide bonds. The zero-order chi connectivity index (χ0) is 16.8. The third-order valence-corrected chi connectivity index (χ3v) is 4.84. The average molecular weight is 340 g/mol. The fourth-order valence-corrected chi connectivity index (χ4v) is 3.36. The van der Waals surface area contributed by atoms with Crippen LogP contribution in [0.4, 0.5) is 0 Å². The first-order valence-electron chi connectivity index (χ1n) is 7.78. The maximum Gasteiger partial charge on any atom is 0.119 e. The van der Waals surface area contributed by atoms with Gasteiger partial charge in [-0.3, -0.25) is 0 Å². The summed E-state index contributed by atoms with van der Waals surface area (Å²) in [6.07, 6.45) is 1.90. The molecule has 0 aliphatic carbocycles. The minimum absolute atomic E-state index is 0.0179. The summed E-state index contributed by atoms with van der Waals surface area (Å²) in [7, 11) is 1.64. The predicted molar refractivity (Wildman–Crippen MR) is 97.2 cm³/mol. The Morgan fingerprint density at radius 1 is 1.17 bits per heavy atom. The monoisotopic (exact) mass is 340 g/mol. The number of nitrogens with one attached hydrogen (secondary N) is 1. The third-order valence-electron chi connectivity index (χ3n) is 3.79. The standard InChI is InChI=1S/C19H20N2O2S/c1-23-16-9-5-8-15(10-16)17(13-22)20-12-19-21-11-18(24-19)14-6-3-2-4-7-14/h2-11,17,20,22H,12-13H2,1H3. The van der Waals surface area contributed by atoms with E-state index in [4.69, 9.17) is 4.74 Å². The Hall–Kier alpha value is -2.21. The Morgan fingerprint density at radius 3 is 2.75 bits per heavy atom. The fourth-order valence-electron chi connectivity index (χ4n) is 2.48. The maximum atomic E-state index is 9.68. The van der Waals surface area contributed by atoms with Crippen molar-refractivity contribution in [1.29, 1.82) is 0 Å². The molecule has 0 saturated heterocycles. The first-order chi connectivity index (χ1) is 11.8. The molecule has 24 heavy (non-hydrogen) atoms. The van der Waals surface area contributed by atoms with Crippen LogP contribution in [-0.4, -0.2) is 23.8 Å². The number of ether oxygens (including phenoxy) is 1. The molecule has 0 spiro atoms. The fraction of sp³-hybridized carbons (Fsp3) is 0.211. The first-order valence-corrected chi connectivity index (χ1v) is 8.60. The second-order valence-corrected chi connectivity index (χ2v) is 6.49. The van der Waals surface area contributed by atoms with Crippen LogP contribution in [0.5, 0.6) is 5.75 Å². The molecule has 0 aliphatic heterocycles. The topological polar surface area (TPSA) is 54.4 Å². The number of aliphatic hydroxyl groups is 1. The molecule has 124 valence electrons. The van der Waals surface area contributed by atoms with Crippen molar-refractivity contribution < 1.29 is 9.84 Å². The van der Waals surface area contributed by atoms with Gasteiger partial charge in [0.15, 0.2) is 0 Å². The molecule has 1 aromatic heterocycles. The Morgan fingerprint density at radius 2 is 2.00 bits per heavy atom. The van der Waals surface area contributed by atoms with Crippen LogP contribution in [-0.2, 0) is 6.54 Å². The van der Waals surface area contributed by atoms with Gasteiger partial charge in [-0.05, 0) is 23.3 Å². The third kappa shape index (κ3) is 4.00. The number of benzene rings is 2. The van der Waals surface area contributed by atoms with Crippen molar-refractivity contribution >= 4 is 11.3 Å². The summed E-state index contributed by atoms with van der Waals surface area (Å²) in [5, 5.41) is 14.0. The Labute approximate surface area is 145 Å². The Balaban J connectivity index is 1.67. The van der Waals surface area contributed by atoms with Gasteiger partial charge in [0.25, 0.3) is 0 Å². The van der Waals surface area contributed by atoms with Gasteiger partial charge in [-0.2, -0.15) is 0 Å². The number of aromatic nitrogens is 1. The molecule has 5 heteroatoms. The van der Waals surface area contributed by atoms with Gasteiger partial charge in [0.1, 0.15) is 10.8 Å². The number of thiazole rings is 1. The van der Waals surface area contributed by atoms with Crippen molar-refractivity contribution in [3.8, 4) is 16.2 Å². The zero-order valence-corrected chi connectivity index (χ0v) is 14.3. The highest BCUT2D eigenvalue weighted by atomic mass is 32.1. The van der Waals surface area contributed by atoms with E-state index in [-0.39, 0.29) is 12.6 Å². The second-order valence-electron chi connectivity index (χ2n) is 5.38. The van der Waals surface area contributed by atoms with Crippen molar-refractivity contribution in [2.45, 2.75) is 12.6 Å².